The second-order valence-electron chi connectivity index (χ2n) is 3.02. The first-order valence-electron chi connectivity index (χ1n) is 3.78. The first-order valence-corrected chi connectivity index (χ1v) is 3.78. The molecule has 0 aromatic carbocycles. The number of hydrogen-bond acceptors (Lipinski definition) is 2. The molecular formula is C7H9N3O. The lowest BCUT2D eigenvalue weighted by molar-refractivity contribution is 0.201. The third kappa shape index (κ3) is 0.845. The first-order chi connectivity index (χ1) is 5.31. The number of nitrogens with zero attached hydrogens (tertiary/aromatic N) is 2. The van der Waals surface area contributed by atoms with E-state index in [-0.39, 0.29) is 12.1 Å². The van der Waals surface area contributed by atoms with Gasteiger partial charge < -0.3 is 10.2 Å². The smallest absolute Gasteiger partial charge is 0.318 e. The summed E-state index contributed by atoms with van der Waals surface area (Å²) in [5.41, 5.74) is 0. The van der Waals surface area contributed by atoms with Crippen LogP contribution >= 0.6 is 0 Å². The van der Waals surface area contributed by atoms with Crippen LogP contribution < -0.4 is 5.32 Å². The lowest BCUT2D eigenvalue weighted by Gasteiger charge is -2.24. The van der Waals surface area contributed by atoms with Crippen molar-refractivity contribution in [1.29, 1.82) is 5.26 Å². The Morgan fingerprint density at radius 3 is 3.18 bits per heavy atom. The number of carbonyl (C=O) groups is 1. The molecule has 2 fully saturated rings. The highest BCUT2D eigenvalue weighted by Gasteiger charge is 2.38. The van der Waals surface area contributed by atoms with E-state index in [9.17, 15) is 4.79 Å². The minimum absolute atomic E-state index is 0.0703. The molecule has 11 heavy (non-hydrogen) atoms. The van der Waals surface area contributed by atoms with Crippen molar-refractivity contribution < 1.29 is 4.79 Å². The van der Waals surface area contributed by atoms with Crippen molar-refractivity contribution in [2.75, 3.05) is 6.54 Å². The Morgan fingerprint density at radius 2 is 2.45 bits per heavy atom. The summed E-state index contributed by atoms with van der Waals surface area (Å²) < 4.78 is 0. The molecule has 2 bridgehead atoms. The van der Waals surface area contributed by atoms with Gasteiger partial charge in [0.2, 0.25) is 0 Å². The van der Waals surface area contributed by atoms with Gasteiger partial charge in [-0.25, -0.2) is 4.79 Å². The Balaban J connectivity index is 2.20. The lowest BCUT2D eigenvalue weighted by atomic mass is 10.0. The van der Waals surface area contributed by atoms with Crippen molar-refractivity contribution in [2.24, 2.45) is 0 Å². The zero-order valence-electron chi connectivity index (χ0n) is 6.08. The SMILES string of the molecule is N#C[C@@H]1CCC2CN1C(=O)N2. The molecule has 2 saturated heterocycles. The summed E-state index contributed by atoms with van der Waals surface area (Å²) in [4.78, 5) is 12.7. The highest BCUT2D eigenvalue weighted by molar-refractivity contribution is 5.78. The largest absolute Gasteiger partial charge is 0.333 e. The number of nitrogens with one attached hydrogen (secondary N) is 1. The number of hydrogen-bond donors (Lipinski definition) is 1. The topological polar surface area (TPSA) is 56.1 Å². The van der Waals surface area contributed by atoms with Gasteiger partial charge in [0, 0.05) is 12.6 Å². The summed E-state index contributed by atoms with van der Waals surface area (Å²) in [5, 5.41) is 11.5. The number of amides is 2. The van der Waals surface area contributed by atoms with E-state index in [1.165, 1.54) is 0 Å². The van der Waals surface area contributed by atoms with Crippen LogP contribution in [-0.2, 0) is 0 Å². The molecule has 0 aromatic rings. The zero-order chi connectivity index (χ0) is 7.84. The maximum absolute atomic E-state index is 11.1. The molecule has 0 radical (unpaired) electrons. The van der Waals surface area contributed by atoms with Crippen molar-refractivity contribution in [2.45, 2.75) is 24.9 Å². The predicted octanol–water partition coefficient (Wildman–Crippen LogP) is 0.0662. The molecule has 0 saturated carbocycles. The van der Waals surface area contributed by atoms with Gasteiger partial charge in [-0.2, -0.15) is 5.26 Å². The summed E-state index contributed by atoms with van der Waals surface area (Å²) in [5.74, 6) is 0. The number of fused-ring (bicyclic) bond motifs is 2. The van der Waals surface area contributed by atoms with E-state index in [2.05, 4.69) is 11.4 Å². The maximum atomic E-state index is 11.1. The van der Waals surface area contributed by atoms with Gasteiger partial charge in [-0.3, -0.25) is 0 Å². The van der Waals surface area contributed by atoms with E-state index in [0.29, 0.717) is 6.04 Å². The van der Waals surface area contributed by atoms with Crippen LogP contribution in [0.5, 0.6) is 0 Å². The van der Waals surface area contributed by atoms with Crippen molar-refractivity contribution in [3.63, 3.8) is 0 Å². The molecule has 2 amide bonds. The van der Waals surface area contributed by atoms with Gasteiger partial charge in [-0.15, -0.1) is 0 Å². The first kappa shape index (κ1) is 6.47. The van der Waals surface area contributed by atoms with Crippen LogP contribution in [0.2, 0.25) is 0 Å². The van der Waals surface area contributed by atoms with Gasteiger partial charge in [-0.05, 0) is 12.8 Å². The molecule has 4 nitrogen and oxygen atoms in total. The van der Waals surface area contributed by atoms with E-state index in [1.807, 2.05) is 0 Å². The van der Waals surface area contributed by atoms with Gasteiger partial charge in [0.05, 0.1) is 6.07 Å². The number of carbonyl (C=O) groups excluding carboxylic acids is 1. The Bertz CT molecular complexity index is 232. The van der Waals surface area contributed by atoms with Crippen LogP contribution in [-0.4, -0.2) is 29.6 Å². The minimum atomic E-state index is -0.186. The third-order valence-electron chi connectivity index (χ3n) is 2.32. The Morgan fingerprint density at radius 1 is 1.64 bits per heavy atom. The summed E-state index contributed by atoms with van der Waals surface area (Å²) >= 11 is 0. The van der Waals surface area contributed by atoms with Gasteiger partial charge in [-0.1, -0.05) is 0 Å². The standard InChI is InChI=1S/C7H9N3O/c8-3-6-2-1-5-4-10(6)7(11)9-5/h5-6H,1-2,4H2,(H,9,11)/t5?,6-/m0/s1. The van der Waals surface area contributed by atoms with E-state index in [0.717, 1.165) is 19.4 Å². The van der Waals surface area contributed by atoms with Crippen LogP contribution in [0.15, 0.2) is 0 Å². The van der Waals surface area contributed by atoms with E-state index in [1.54, 1.807) is 4.90 Å². The van der Waals surface area contributed by atoms with E-state index >= 15 is 0 Å². The highest BCUT2D eigenvalue weighted by Crippen LogP contribution is 2.21. The minimum Gasteiger partial charge on any atom is -0.333 e. The van der Waals surface area contributed by atoms with Crippen LogP contribution in [0.3, 0.4) is 0 Å². The average molecular weight is 151 g/mol. The van der Waals surface area contributed by atoms with Crippen LogP contribution in [0.4, 0.5) is 4.79 Å². The Kier molecular flexibility index (Phi) is 1.25. The Labute approximate surface area is 64.8 Å². The summed E-state index contributed by atoms with van der Waals surface area (Å²) in [6.45, 7) is 0.719. The monoisotopic (exact) mass is 151 g/mol. The second-order valence-corrected chi connectivity index (χ2v) is 3.02. The molecule has 0 aromatic heterocycles. The van der Waals surface area contributed by atoms with Crippen LogP contribution in [0.25, 0.3) is 0 Å². The Hall–Kier alpha value is -1.24. The molecule has 4 heteroatoms. The van der Waals surface area contributed by atoms with Crippen molar-refractivity contribution in [3.8, 4) is 6.07 Å². The third-order valence-corrected chi connectivity index (χ3v) is 2.32. The molecular weight excluding hydrogens is 142 g/mol. The molecule has 0 spiro atoms. The number of nitriles is 1. The fraction of sp³-hybridized carbons (Fsp3) is 0.714. The molecule has 1 N–H and O–H groups in total. The number of piperidine rings is 1. The summed E-state index contributed by atoms with van der Waals surface area (Å²) in [7, 11) is 0. The molecule has 2 heterocycles. The van der Waals surface area contributed by atoms with Gasteiger partial charge in [0.25, 0.3) is 0 Å². The average Bonchev–Trinajstić information content (AvgIpc) is 2.30. The normalized spacial score (nSPS) is 34.8. The fourth-order valence-electron chi connectivity index (χ4n) is 1.70. The number of rotatable bonds is 0. The molecule has 1 unspecified atom stereocenters. The molecule has 58 valence electrons. The molecule has 2 aliphatic rings. The molecule has 0 aliphatic carbocycles. The highest BCUT2D eigenvalue weighted by atomic mass is 16.2. The van der Waals surface area contributed by atoms with E-state index in [4.69, 9.17) is 5.26 Å². The van der Waals surface area contributed by atoms with Crippen molar-refractivity contribution >= 4 is 6.03 Å². The van der Waals surface area contributed by atoms with E-state index < -0.39 is 0 Å². The van der Waals surface area contributed by atoms with Gasteiger partial charge in [0.1, 0.15) is 6.04 Å². The van der Waals surface area contributed by atoms with Crippen molar-refractivity contribution in [3.05, 3.63) is 0 Å². The predicted molar refractivity (Wildman–Crippen MR) is 37.7 cm³/mol. The summed E-state index contributed by atoms with van der Waals surface area (Å²) in [6.07, 6.45) is 1.76. The molecule has 2 rings (SSSR count). The summed E-state index contributed by atoms with van der Waals surface area (Å²) in [6, 6.07) is 2.17. The van der Waals surface area contributed by atoms with Crippen LogP contribution in [0, 0.1) is 11.3 Å². The van der Waals surface area contributed by atoms with Gasteiger partial charge in [0.15, 0.2) is 0 Å². The second kappa shape index (κ2) is 2.12. The van der Waals surface area contributed by atoms with Gasteiger partial charge >= 0.3 is 6.03 Å². The quantitative estimate of drug-likeness (QED) is 0.532. The lowest BCUT2D eigenvalue weighted by Crippen LogP contribution is -2.38. The maximum Gasteiger partial charge on any atom is 0.318 e. The molecule has 2 atom stereocenters. The van der Waals surface area contributed by atoms with Crippen LogP contribution in [0.1, 0.15) is 12.8 Å². The number of urea groups is 1. The fourth-order valence-corrected chi connectivity index (χ4v) is 1.70. The zero-order valence-corrected chi connectivity index (χ0v) is 6.08. The van der Waals surface area contributed by atoms with Crippen molar-refractivity contribution in [1.82, 2.24) is 10.2 Å². The molecule has 2 aliphatic heterocycles.